The number of fused-ring (bicyclic) bond motifs is 1. The van der Waals surface area contributed by atoms with Crippen molar-refractivity contribution in [1.82, 2.24) is 4.57 Å². The summed E-state index contributed by atoms with van der Waals surface area (Å²) in [7, 11) is 0. The first-order valence-corrected chi connectivity index (χ1v) is 9.30. The zero-order valence-electron chi connectivity index (χ0n) is 15.1. The number of nitro groups is 1. The maximum absolute atomic E-state index is 10.9. The van der Waals surface area contributed by atoms with Crippen LogP contribution in [0.1, 0.15) is 31.7 Å². The zero-order chi connectivity index (χ0) is 19.2. The first kappa shape index (κ1) is 18.9. The third-order valence-corrected chi connectivity index (χ3v) is 4.78. The molecule has 1 aromatic heterocycles. The van der Waals surface area contributed by atoms with E-state index in [1.165, 1.54) is 12.1 Å². The van der Waals surface area contributed by atoms with Crippen LogP contribution in [0.4, 0.5) is 11.4 Å². The normalized spacial score (nSPS) is 11.3. The number of nitrogens with zero attached hydrogens (tertiary/aromatic N) is 3. The Morgan fingerprint density at radius 2 is 2.04 bits per heavy atom. The van der Waals surface area contributed by atoms with E-state index in [4.69, 9.17) is 11.6 Å². The van der Waals surface area contributed by atoms with Crippen LogP contribution < -0.4 is 5.43 Å². The van der Waals surface area contributed by atoms with Crippen LogP contribution in [-0.2, 0) is 6.54 Å². The molecule has 6 nitrogen and oxygen atoms in total. The Kier molecular flexibility index (Phi) is 6.08. The molecule has 0 saturated heterocycles. The van der Waals surface area contributed by atoms with Gasteiger partial charge in [-0.3, -0.25) is 15.5 Å². The number of para-hydroxylation sites is 1. The van der Waals surface area contributed by atoms with E-state index in [0.717, 1.165) is 42.3 Å². The largest absolute Gasteiger partial charge is 0.331 e. The highest BCUT2D eigenvalue weighted by Gasteiger charge is 2.13. The lowest BCUT2D eigenvalue weighted by atomic mass is 10.2. The van der Waals surface area contributed by atoms with Crippen LogP contribution in [0.2, 0.25) is 5.15 Å². The lowest BCUT2D eigenvalue weighted by molar-refractivity contribution is -0.384. The number of nitrogens with one attached hydrogen (secondary N) is 1. The predicted octanol–water partition coefficient (Wildman–Crippen LogP) is 5.84. The standard InChI is InChI=1S/C20H21ClN4O2/c1-2-3-6-12-24-19-11-5-4-10-17(19)18(20(24)21)14-22-23-15-8-7-9-16(13-15)25(26)27/h4-5,7-11,13-14,23H,2-3,6,12H2,1H3. The number of nitro benzene ring substituents is 1. The van der Waals surface area contributed by atoms with Gasteiger partial charge in [-0.25, -0.2) is 0 Å². The number of aromatic nitrogens is 1. The first-order valence-electron chi connectivity index (χ1n) is 8.92. The van der Waals surface area contributed by atoms with Gasteiger partial charge in [-0.1, -0.05) is 55.6 Å². The molecule has 0 atom stereocenters. The van der Waals surface area contributed by atoms with Crippen LogP contribution in [-0.4, -0.2) is 15.7 Å². The average molecular weight is 385 g/mol. The van der Waals surface area contributed by atoms with Crippen LogP contribution in [0.25, 0.3) is 10.9 Å². The molecule has 0 bridgehead atoms. The Hall–Kier alpha value is -2.86. The van der Waals surface area contributed by atoms with Crippen molar-refractivity contribution in [2.75, 3.05) is 5.43 Å². The molecule has 3 aromatic rings. The summed E-state index contributed by atoms with van der Waals surface area (Å²) in [6.07, 6.45) is 5.04. The molecule has 0 amide bonds. The van der Waals surface area contributed by atoms with Gasteiger partial charge in [-0.2, -0.15) is 5.10 Å². The minimum absolute atomic E-state index is 0.0146. The van der Waals surface area contributed by atoms with E-state index in [0.29, 0.717) is 10.8 Å². The molecular formula is C20H21ClN4O2. The van der Waals surface area contributed by atoms with Crippen LogP contribution in [0.5, 0.6) is 0 Å². The second-order valence-corrected chi connectivity index (χ2v) is 6.62. The number of halogens is 1. The van der Waals surface area contributed by atoms with Gasteiger partial charge in [0.1, 0.15) is 5.15 Å². The Morgan fingerprint density at radius 1 is 1.22 bits per heavy atom. The van der Waals surface area contributed by atoms with Crippen molar-refractivity contribution in [3.63, 3.8) is 0 Å². The summed E-state index contributed by atoms with van der Waals surface area (Å²) in [4.78, 5) is 10.4. The fourth-order valence-corrected chi connectivity index (χ4v) is 3.35. The maximum Gasteiger partial charge on any atom is 0.271 e. The molecule has 0 fully saturated rings. The van der Waals surface area contributed by atoms with E-state index in [2.05, 4.69) is 28.1 Å². The van der Waals surface area contributed by atoms with Gasteiger partial charge >= 0.3 is 0 Å². The molecule has 7 heteroatoms. The molecule has 0 aliphatic heterocycles. The first-order chi connectivity index (χ1) is 13.1. The van der Waals surface area contributed by atoms with Crippen LogP contribution >= 0.6 is 11.6 Å². The highest BCUT2D eigenvalue weighted by Crippen LogP contribution is 2.29. The van der Waals surface area contributed by atoms with Crippen LogP contribution in [0.3, 0.4) is 0 Å². The van der Waals surface area contributed by atoms with Crippen molar-refractivity contribution < 1.29 is 4.92 Å². The van der Waals surface area contributed by atoms with Gasteiger partial charge in [0.25, 0.3) is 5.69 Å². The van der Waals surface area contributed by atoms with Gasteiger partial charge in [0.15, 0.2) is 0 Å². The highest BCUT2D eigenvalue weighted by molar-refractivity contribution is 6.34. The summed E-state index contributed by atoms with van der Waals surface area (Å²) in [6, 6.07) is 14.3. The smallest absolute Gasteiger partial charge is 0.271 e. The molecule has 0 aliphatic rings. The summed E-state index contributed by atoms with van der Waals surface area (Å²) in [5, 5.41) is 16.8. The number of rotatable bonds is 8. The Labute approximate surface area is 162 Å². The van der Waals surface area contributed by atoms with Crippen molar-refractivity contribution in [1.29, 1.82) is 0 Å². The van der Waals surface area contributed by atoms with Gasteiger partial charge in [0.05, 0.1) is 16.8 Å². The molecule has 0 aliphatic carbocycles. The van der Waals surface area contributed by atoms with Gasteiger partial charge in [0.2, 0.25) is 0 Å². The summed E-state index contributed by atoms with van der Waals surface area (Å²) in [6.45, 7) is 3.03. The van der Waals surface area contributed by atoms with E-state index in [1.807, 2.05) is 18.2 Å². The molecule has 1 heterocycles. The van der Waals surface area contributed by atoms with E-state index >= 15 is 0 Å². The SMILES string of the molecule is CCCCCn1c(Cl)c(C=NNc2cccc([N+](=O)[O-])c2)c2ccccc21. The third-order valence-electron chi connectivity index (χ3n) is 4.37. The van der Waals surface area contributed by atoms with Crippen LogP contribution in [0.15, 0.2) is 53.6 Å². The number of anilines is 1. The third kappa shape index (κ3) is 4.28. The number of non-ortho nitro benzene ring substituents is 1. The fraction of sp³-hybridized carbons (Fsp3) is 0.250. The van der Waals surface area contributed by atoms with E-state index in [9.17, 15) is 10.1 Å². The van der Waals surface area contributed by atoms with Gasteiger partial charge in [0, 0.05) is 35.1 Å². The monoisotopic (exact) mass is 384 g/mol. The molecule has 3 rings (SSSR count). The Bertz CT molecular complexity index is 981. The van der Waals surface area contributed by atoms with E-state index < -0.39 is 4.92 Å². The van der Waals surface area contributed by atoms with Crippen molar-refractivity contribution in [2.45, 2.75) is 32.7 Å². The van der Waals surface area contributed by atoms with Crippen molar-refractivity contribution in [3.8, 4) is 0 Å². The number of aryl methyl sites for hydroxylation is 1. The average Bonchev–Trinajstić information content (AvgIpc) is 2.94. The zero-order valence-corrected chi connectivity index (χ0v) is 15.8. The Balaban J connectivity index is 1.86. The molecular weight excluding hydrogens is 364 g/mol. The van der Waals surface area contributed by atoms with Crippen molar-refractivity contribution in [2.24, 2.45) is 5.10 Å². The van der Waals surface area contributed by atoms with Gasteiger partial charge in [-0.05, 0) is 18.6 Å². The minimum atomic E-state index is -0.435. The predicted molar refractivity (Wildman–Crippen MR) is 111 cm³/mol. The molecule has 0 saturated carbocycles. The van der Waals surface area contributed by atoms with Gasteiger partial charge < -0.3 is 4.57 Å². The number of hydrazone groups is 1. The molecule has 2 aromatic carbocycles. The molecule has 1 N–H and O–H groups in total. The molecule has 0 unspecified atom stereocenters. The van der Waals surface area contributed by atoms with Crippen LogP contribution in [0, 0.1) is 10.1 Å². The van der Waals surface area contributed by atoms with E-state index in [1.54, 1.807) is 18.3 Å². The summed E-state index contributed by atoms with van der Waals surface area (Å²) in [5.41, 5.74) is 5.31. The topological polar surface area (TPSA) is 72.5 Å². The minimum Gasteiger partial charge on any atom is -0.331 e. The second-order valence-electron chi connectivity index (χ2n) is 6.26. The lowest BCUT2D eigenvalue weighted by Crippen LogP contribution is -1.98. The quantitative estimate of drug-likeness (QED) is 0.229. The lowest BCUT2D eigenvalue weighted by Gasteiger charge is -2.06. The van der Waals surface area contributed by atoms with Crippen molar-refractivity contribution >= 4 is 40.1 Å². The maximum atomic E-state index is 10.9. The summed E-state index contributed by atoms with van der Waals surface area (Å²) in [5.74, 6) is 0. The molecule has 0 spiro atoms. The fourth-order valence-electron chi connectivity index (χ4n) is 3.02. The van der Waals surface area contributed by atoms with Crippen molar-refractivity contribution in [3.05, 3.63) is 69.4 Å². The number of benzene rings is 2. The highest BCUT2D eigenvalue weighted by atomic mass is 35.5. The number of hydrogen-bond donors (Lipinski definition) is 1. The number of unbranched alkanes of at least 4 members (excludes halogenated alkanes) is 2. The van der Waals surface area contributed by atoms with E-state index in [-0.39, 0.29) is 5.69 Å². The van der Waals surface area contributed by atoms with Gasteiger partial charge in [-0.15, -0.1) is 0 Å². The number of hydrogen-bond acceptors (Lipinski definition) is 4. The summed E-state index contributed by atoms with van der Waals surface area (Å²) < 4.78 is 2.11. The Morgan fingerprint density at radius 3 is 2.81 bits per heavy atom. The molecule has 27 heavy (non-hydrogen) atoms. The molecule has 140 valence electrons. The summed E-state index contributed by atoms with van der Waals surface area (Å²) >= 11 is 6.63. The molecule has 0 radical (unpaired) electrons. The second kappa shape index (κ2) is 8.68.